The van der Waals surface area contributed by atoms with Crippen molar-refractivity contribution < 1.29 is 4.79 Å². The van der Waals surface area contributed by atoms with Crippen molar-refractivity contribution in [1.29, 1.82) is 0 Å². The summed E-state index contributed by atoms with van der Waals surface area (Å²) in [4.78, 5) is 20.6. The van der Waals surface area contributed by atoms with Crippen LogP contribution in [0.5, 0.6) is 0 Å². The van der Waals surface area contributed by atoms with Crippen molar-refractivity contribution in [2.24, 2.45) is 0 Å². The second kappa shape index (κ2) is 9.14. The zero-order valence-electron chi connectivity index (χ0n) is 15.1. The quantitative estimate of drug-likeness (QED) is 0.649. The number of nitrogens with zero attached hydrogens (tertiary/aromatic N) is 2. The molecule has 0 spiro atoms. The van der Waals surface area contributed by atoms with Gasteiger partial charge in [0.1, 0.15) is 11.5 Å². The molecule has 2 aromatic carbocycles. The third-order valence-electron chi connectivity index (χ3n) is 4.07. The molecule has 1 amide bonds. The topological polar surface area (TPSA) is 66.9 Å². The number of carbonyl (C=O) groups is 1. The van der Waals surface area contributed by atoms with Gasteiger partial charge in [-0.1, -0.05) is 53.6 Å². The molecule has 2 N–H and O–H groups in total. The second-order valence-electron chi connectivity index (χ2n) is 6.26. The molecule has 3 rings (SSSR count). The summed E-state index contributed by atoms with van der Waals surface area (Å²) in [5, 5.41) is 6.74. The summed E-state index contributed by atoms with van der Waals surface area (Å²) in [5.41, 5.74) is 3.75. The summed E-state index contributed by atoms with van der Waals surface area (Å²) >= 11 is 5.96. The highest BCUT2D eigenvalue weighted by atomic mass is 35.5. The number of halogens is 1. The van der Waals surface area contributed by atoms with E-state index in [0.717, 1.165) is 11.1 Å². The number of benzene rings is 2. The molecule has 0 aliphatic rings. The summed E-state index contributed by atoms with van der Waals surface area (Å²) in [6.45, 7) is 3.22. The van der Waals surface area contributed by atoms with Crippen LogP contribution in [0.25, 0.3) is 0 Å². The Morgan fingerprint density at radius 1 is 1.04 bits per heavy atom. The average Bonchev–Trinajstić information content (AvgIpc) is 2.68. The Kier molecular flexibility index (Phi) is 6.39. The summed E-state index contributed by atoms with van der Waals surface area (Å²) in [5.74, 6) is 0.390. The molecule has 6 heteroatoms. The number of hydrogen-bond donors (Lipinski definition) is 2. The zero-order chi connectivity index (χ0) is 19.1. The number of aryl methyl sites for hydroxylation is 1. The number of amides is 1. The van der Waals surface area contributed by atoms with Crippen LogP contribution in [0.15, 0.2) is 60.9 Å². The van der Waals surface area contributed by atoms with Gasteiger partial charge in [-0.2, -0.15) is 0 Å². The number of rotatable bonds is 7. The molecule has 0 aliphatic heterocycles. The molecule has 0 saturated carbocycles. The van der Waals surface area contributed by atoms with E-state index < -0.39 is 0 Å². The summed E-state index contributed by atoms with van der Waals surface area (Å²) in [7, 11) is 0. The lowest BCUT2D eigenvalue weighted by molar-refractivity contribution is 0.0949. The van der Waals surface area contributed by atoms with Gasteiger partial charge in [-0.25, -0.2) is 9.97 Å². The Labute approximate surface area is 163 Å². The lowest BCUT2D eigenvalue weighted by Gasteiger charge is -2.07. The minimum absolute atomic E-state index is 0.241. The van der Waals surface area contributed by atoms with Crippen LogP contribution in [0.2, 0.25) is 5.02 Å². The van der Waals surface area contributed by atoms with E-state index >= 15 is 0 Å². The van der Waals surface area contributed by atoms with Gasteiger partial charge < -0.3 is 10.6 Å². The molecule has 138 valence electrons. The van der Waals surface area contributed by atoms with Crippen molar-refractivity contribution in [3.63, 3.8) is 0 Å². The fraction of sp³-hybridized carbons (Fsp3) is 0.190. The van der Waals surface area contributed by atoms with E-state index in [2.05, 4.69) is 51.8 Å². The molecule has 0 fully saturated rings. The van der Waals surface area contributed by atoms with Crippen molar-refractivity contribution in [2.75, 3.05) is 11.9 Å². The molecule has 1 heterocycles. The predicted octanol–water partition coefficient (Wildman–Crippen LogP) is 4.02. The van der Waals surface area contributed by atoms with Gasteiger partial charge in [-0.05, 0) is 36.6 Å². The normalized spacial score (nSPS) is 10.4. The first-order valence-electron chi connectivity index (χ1n) is 8.74. The molecule has 5 nitrogen and oxygen atoms in total. The Morgan fingerprint density at radius 2 is 1.85 bits per heavy atom. The van der Waals surface area contributed by atoms with Gasteiger partial charge in [-0.15, -0.1) is 0 Å². The average molecular weight is 381 g/mol. The SMILES string of the molecule is Cc1ccc(CNc2cnc(C(=O)NCCc3cccc(Cl)c3)cn2)cc1. The van der Waals surface area contributed by atoms with Gasteiger partial charge >= 0.3 is 0 Å². The predicted molar refractivity (Wildman–Crippen MR) is 108 cm³/mol. The van der Waals surface area contributed by atoms with Crippen LogP contribution in [-0.2, 0) is 13.0 Å². The third-order valence-corrected chi connectivity index (χ3v) is 4.30. The number of anilines is 1. The molecule has 27 heavy (non-hydrogen) atoms. The van der Waals surface area contributed by atoms with E-state index in [9.17, 15) is 4.79 Å². The highest BCUT2D eigenvalue weighted by Crippen LogP contribution is 2.11. The van der Waals surface area contributed by atoms with Gasteiger partial charge in [0.25, 0.3) is 5.91 Å². The van der Waals surface area contributed by atoms with Crippen molar-refractivity contribution in [1.82, 2.24) is 15.3 Å². The molecule has 0 radical (unpaired) electrons. The van der Waals surface area contributed by atoms with Crippen LogP contribution in [0.3, 0.4) is 0 Å². The lowest BCUT2D eigenvalue weighted by Crippen LogP contribution is -2.26. The summed E-state index contributed by atoms with van der Waals surface area (Å²) in [6, 6.07) is 15.9. The van der Waals surface area contributed by atoms with E-state index in [-0.39, 0.29) is 5.91 Å². The number of nitrogens with one attached hydrogen (secondary N) is 2. The molecule has 0 saturated heterocycles. The van der Waals surface area contributed by atoms with Crippen LogP contribution in [-0.4, -0.2) is 22.4 Å². The van der Waals surface area contributed by atoms with Crippen LogP contribution in [0.4, 0.5) is 5.82 Å². The van der Waals surface area contributed by atoms with E-state index in [0.29, 0.717) is 36.0 Å². The molecule has 0 unspecified atom stereocenters. The minimum atomic E-state index is -0.241. The first kappa shape index (κ1) is 18.9. The Balaban J connectivity index is 1.47. The summed E-state index contributed by atoms with van der Waals surface area (Å²) < 4.78 is 0. The lowest BCUT2D eigenvalue weighted by atomic mass is 10.1. The largest absolute Gasteiger partial charge is 0.365 e. The highest BCUT2D eigenvalue weighted by molar-refractivity contribution is 6.30. The zero-order valence-corrected chi connectivity index (χ0v) is 15.8. The van der Waals surface area contributed by atoms with Crippen LogP contribution in [0, 0.1) is 6.92 Å². The Morgan fingerprint density at radius 3 is 2.56 bits per heavy atom. The Hall–Kier alpha value is -2.92. The molecular formula is C21H21ClN4O. The van der Waals surface area contributed by atoms with Crippen molar-refractivity contribution in [3.05, 3.63) is 88.3 Å². The monoisotopic (exact) mass is 380 g/mol. The van der Waals surface area contributed by atoms with Crippen molar-refractivity contribution in [2.45, 2.75) is 19.9 Å². The van der Waals surface area contributed by atoms with Crippen molar-refractivity contribution in [3.8, 4) is 0 Å². The number of aromatic nitrogens is 2. The fourth-order valence-corrected chi connectivity index (χ4v) is 2.75. The first-order chi connectivity index (χ1) is 13.1. The van der Waals surface area contributed by atoms with Gasteiger partial charge in [0, 0.05) is 18.1 Å². The molecular weight excluding hydrogens is 360 g/mol. The van der Waals surface area contributed by atoms with Gasteiger partial charge in [0.05, 0.1) is 12.4 Å². The van der Waals surface area contributed by atoms with E-state index in [4.69, 9.17) is 11.6 Å². The van der Waals surface area contributed by atoms with Gasteiger partial charge in [0.15, 0.2) is 0 Å². The van der Waals surface area contributed by atoms with Crippen LogP contribution >= 0.6 is 11.6 Å². The van der Waals surface area contributed by atoms with Gasteiger partial charge in [-0.3, -0.25) is 4.79 Å². The third kappa shape index (κ3) is 5.79. The van der Waals surface area contributed by atoms with Gasteiger partial charge in [0.2, 0.25) is 0 Å². The number of carbonyl (C=O) groups excluding carboxylic acids is 1. The molecule has 0 atom stereocenters. The Bertz CT molecular complexity index is 895. The second-order valence-corrected chi connectivity index (χ2v) is 6.70. The molecule has 3 aromatic rings. The van der Waals surface area contributed by atoms with Crippen LogP contribution < -0.4 is 10.6 Å². The minimum Gasteiger partial charge on any atom is -0.365 e. The number of hydrogen-bond acceptors (Lipinski definition) is 4. The van der Waals surface area contributed by atoms with Crippen molar-refractivity contribution >= 4 is 23.3 Å². The maximum atomic E-state index is 12.2. The standard InChI is InChI=1S/C21H21ClN4O/c1-15-5-7-17(8-6-15)12-25-20-14-24-19(13-26-20)21(27)23-10-9-16-3-2-4-18(22)11-16/h2-8,11,13-14H,9-10,12H2,1H3,(H,23,27)(H,25,26). The molecule has 0 bridgehead atoms. The first-order valence-corrected chi connectivity index (χ1v) is 9.12. The highest BCUT2D eigenvalue weighted by Gasteiger charge is 2.07. The van der Waals surface area contributed by atoms with E-state index in [1.54, 1.807) is 6.20 Å². The fourth-order valence-electron chi connectivity index (χ4n) is 2.54. The van der Waals surface area contributed by atoms with E-state index in [1.165, 1.54) is 11.8 Å². The summed E-state index contributed by atoms with van der Waals surface area (Å²) in [6.07, 6.45) is 3.75. The smallest absolute Gasteiger partial charge is 0.271 e. The molecule has 1 aromatic heterocycles. The maximum Gasteiger partial charge on any atom is 0.271 e. The maximum absolute atomic E-state index is 12.2. The van der Waals surface area contributed by atoms with Crippen LogP contribution in [0.1, 0.15) is 27.2 Å². The van der Waals surface area contributed by atoms with E-state index in [1.807, 2.05) is 24.3 Å². The molecule has 0 aliphatic carbocycles.